The third-order valence-corrected chi connectivity index (χ3v) is 5.09. The van der Waals surface area contributed by atoms with Crippen molar-refractivity contribution in [2.45, 2.75) is 25.5 Å². The lowest BCUT2D eigenvalue weighted by Gasteiger charge is -2.19. The van der Waals surface area contributed by atoms with E-state index in [1.54, 1.807) is 13.1 Å². The summed E-state index contributed by atoms with van der Waals surface area (Å²) in [6, 6.07) is 4.23. The van der Waals surface area contributed by atoms with Crippen molar-refractivity contribution in [3.8, 4) is 5.75 Å². The molecule has 1 N–H and O–H groups in total. The zero-order valence-corrected chi connectivity index (χ0v) is 11.8. The zero-order valence-electron chi connectivity index (χ0n) is 11.0. The van der Waals surface area contributed by atoms with Crippen LogP contribution in [0.5, 0.6) is 5.75 Å². The number of sulfone groups is 1. The second-order valence-corrected chi connectivity index (χ2v) is 7.06. The molecule has 1 aliphatic heterocycles. The summed E-state index contributed by atoms with van der Waals surface area (Å²) in [6.07, 6.45) is 0.158. The molecule has 0 amide bonds. The Kier molecular flexibility index (Phi) is 4.10. The van der Waals surface area contributed by atoms with E-state index in [0.29, 0.717) is 17.7 Å². The summed E-state index contributed by atoms with van der Waals surface area (Å²) in [5, 5.41) is 3.03. The van der Waals surface area contributed by atoms with Gasteiger partial charge in [0.05, 0.1) is 11.5 Å². The number of hydrogen-bond donors (Lipinski definition) is 1. The normalized spacial score (nSPS) is 23.2. The molecule has 0 aliphatic carbocycles. The monoisotopic (exact) mass is 287 g/mol. The molecule has 1 aromatic carbocycles. The highest BCUT2D eigenvalue weighted by Crippen LogP contribution is 2.28. The molecule has 1 aliphatic rings. The van der Waals surface area contributed by atoms with Gasteiger partial charge < -0.3 is 10.1 Å². The first-order valence-corrected chi connectivity index (χ1v) is 8.07. The van der Waals surface area contributed by atoms with Crippen LogP contribution in [0.4, 0.5) is 4.39 Å². The Morgan fingerprint density at radius 2 is 2.21 bits per heavy atom. The van der Waals surface area contributed by atoms with Gasteiger partial charge in [0.2, 0.25) is 0 Å². The summed E-state index contributed by atoms with van der Waals surface area (Å²) < 4.78 is 41.9. The van der Waals surface area contributed by atoms with Crippen molar-refractivity contribution < 1.29 is 17.5 Å². The van der Waals surface area contributed by atoms with E-state index in [1.165, 1.54) is 12.1 Å². The molecular weight excluding hydrogens is 269 g/mol. The van der Waals surface area contributed by atoms with Crippen LogP contribution in [0.25, 0.3) is 0 Å². The van der Waals surface area contributed by atoms with Gasteiger partial charge >= 0.3 is 0 Å². The van der Waals surface area contributed by atoms with Crippen LogP contribution in [0.3, 0.4) is 0 Å². The molecule has 1 fully saturated rings. The number of ether oxygens (including phenoxy) is 1. The summed E-state index contributed by atoms with van der Waals surface area (Å²) >= 11 is 0. The van der Waals surface area contributed by atoms with E-state index in [0.717, 1.165) is 0 Å². The van der Waals surface area contributed by atoms with Gasteiger partial charge in [0.15, 0.2) is 9.84 Å². The van der Waals surface area contributed by atoms with Crippen molar-refractivity contribution in [3.05, 3.63) is 29.6 Å². The van der Waals surface area contributed by atoms with Crippen molar-refractivity contribution in [2.24, 2.45) is 0 Å². The van der Waals surface area contributed by atoms with Crippen molar-refractivity contribution in [1.82, 2.24) is 5.32 Å². The molecule has 0 spiro atoms. The minimum Gasteiger partial charge on any atom is -0.489 e. The third-order valence-electron chi connectivity index (χ3n) is 3.36. The summed E-state index contributed by atoms with van der Waals surface area (Å²) in [6.45, 7) is 1.90. The minimum atomic E-state index is -2.98. The highest BCUT2D eigenvalue weighted by Gasteiger charge is 2.30. The predicted octanol–water partition coefficient (Wildman–Crippen LogP) is 1.67. The molecule has 1 aromatic rings. The van der Waals surface area contributed by atoms with Gasteiger partial charge in [-0.25, -0.2) is 12.8 Å². The standard InChI is InChI=1S/C13H18FNO3S/c1-9(15-2)12-7-10(14)3-4-13(12)18-11-5-6-19(16,17)8-11/h3-4,7,9,11,15H,5-6,8H2,1-2H3. The first-order chi connectivity index (χ1) is 8.91. The summed E-state index contributed by atoms with van der Waals surface area (Å²) in [4.78, 5) is 0. The Hall–Kier alpha value is -1.14. The average molecular weight is 287 g/mol. The van der Waals surface area contributed by atoms with Gasteiger partial charge in [-0.15, -0.1) is 0 Å². The molecule has 2 rings (SSSR count). The molecule has 2 atom stereocenters. The molecule has 0 aromatic heterocycles. The van der Waals surface area contributed by atoms with Crippen molar-refractivity contribution in [2.75, 3.05) is 18.6 Å². The second-order valence-electron chi connectivity index (χ2n) is 4.84. The third kappa shape index (κ3) is 3.45. The topological polar surface area (TPSA) is 55.4 Å². The van der Waals surface area contributed by atoms with Crippen molar-refractivity contribution >= 4 is 9.84 Å². The van der Waals surface area contributed by atoms with Crippen LogP contribution in [0.1, 0.15) is 24.9 Å². The van der Waals surface area contributed by atoms with E-state index in [9.17, 15) is 12.8 Å². The lowest BCUT2D eigenvalue weighted by atomic mass is 10.1. The molecule has 0 bridgehead atoms. The van der Waals surface area contributed by atoms with Gasteiger partial charge in [0, 0.05) is 11.6 Å². The maximum absolute atomic E-state index is 13.3. The molecule has 0 radical (unpaired) electrons. The van der Waals surface area contributed by atoms with Gasteiger partial charge in [-0.2, -0.15) is 0 Å². The van der Waals surface area contributed by atoms with E-state index in [1.807, 2.05) is 6.92 Å². The SMILES string of the molecule is CNC(C)c1cc(F)ccc1OC1CCS(=O)(=O)C1. The number of hydrogen-bond acceptors (Lipinski definition) is 4. The van der Waals surface area contributed by atoms with E-state index < -0.39 is 9.84 Å². The van der Waals surface area contributed by atoms with Crippen LogP contribution in [0, 0.1) is 5.82 Å². The molecule has 2 unspecified atom stereocenters. The Balaban J connectivity index is 2.20. The highest BCUT2D eigenvalue weighted by atomic mass is 32.2. The minimum absolute atomic E-state index is 0.0394. The smallest absolute Gasteiger partial charge is 0.154 e. The molecule has 1 heterocycles. The maximum atomic E-state index is 13.3. The van der Waals surface area contributed by atoms with Crippen molar-refractivity contribution in [3.63, 3.8) is 0 Å². The zero-order chi connectivity index (χ0) is 14.0. The first-order valence-electron chi connectivity index (χ1n) is 6.25. The molecule has 1 saturated heterocycles. The van der Waals surface area contributed by atoms with Gasteiger partial charge in [0.1, 0.15) is 17.7 Å². The summed E-state index contributed by atoms with van der Waals surface area (Å²) in [5.41, 5.74) is 0.701. The average Bonchev–Trinajstić information content (AvgIpc) is 2.70. The quantitative estimate of drug-likeness (QED) is 0.915. The predicted molar refractivity (Wildman–Crippen MR) is 71.6 cm³/mol. The number of halogens is 1. The fourth-order valence-corrected chi connectivity index (χ4v) is 3.74. The van der Waals surface area contributed by atoms with Gasteiger partial charge in [-0.3, -0.25) is 0 Å². The maximum Gasteiger partial charge on any atom is 0.154 e. The number of nitrogens with one attached hydrogen (secondary N) is 1. The number of rotatable bonds is 4. The van der Waals surface area contributed by atoms with Crippen LogP contribution in [-0.2, 0) is 9.84 Å². The molecular formula is C13H18FNO3S. The first kappa shape index (κ1) is 14.3. The molecule has 0 saturated carbocycles. The highest BCUT2D eigenvalue weighted by molar-refractivity contribution is 7.91. The Labute approximate surface area is 112 Å². The van der Waals surface area contributed by atoms with Crippen LogP contribution in [0.2, 0.25) is 0 Å². The fraction of sp³-hybridized carbons (Fsp3) is 0.538. The van der Waals surface area contributed by atoms with E-state index in [2.05, 4.69) is 5.32 Å². The van der Waals surface area contributed by atoms with Crippen LogP contribution >= 0.6 is 0 Å². The fourth-order valence-electron chi connectivity index (χ4n) is 2.15. The molecule has 19 heavy (non-hydrogen) atoms. The Morgan fingerprint density at radius 3 is 2.79 bits per heavy atom. The summed E-state index contributed by atoms with van der Waals surface area (Å²) in [5.74, 6) is 0.418. The van der Waals surface area contributed by atoms with Crippen LogP contribution in [0.15, 0.2) is 18.2 Å². The van der Waals surface area contributed by atoms with Crippen LogP contribution in [-0.4, -0.2) is 33.1 Å². The van der Waals surface area contributed by atoms with Crippen LogP contribution < -0.4 is 10.1 Å². The van der Waals surface area contributed by atoms with E-state index in [-0.39, 0.29) is 29.5 Å². The van der Waals surface area contributed by atoms with Gasteiger partial charge in [-0.1, -0.05) is 0 Å². The summed E-state index contributed by atoms with van der Waals surface area (Å²) in [7, 11) is -1.20. The Bertz CT molecular complexity index is 559. The molecule has 106 valence electrons. The van der Waals surface area contributed by atoms with E-state index >= 15 is 0 Å². The second kappa shape index (κ2) is 5.46. The molecule has 6 heteroatoms. The lowest BCUT2D eigenvalue weighted by molar-refractivity contribution is 0.225. The lowest BCUT2D eigenvalue weighted by Crippen LogP contribution is -2.20. The van der Waals surface area contributed by atoms with Crippen molar-refractivity contribution in [1.29, 1.82) is 0 Å². The number of benzene rings is 1. The Morgan fingerprint density at radius 1 is 1.47 bits per heavy atom. The van der Waals surface area contributed by atoms with Gasteiger partial charge in [-0.05, 0) is 38.6 Å². The van der Waals surface area contributed by atoms with E-state index in [4.69, 9.17) is 4.74 Å². The van der Waals surface area contributed by atoms with Gasteiger partial charge in [0.25, 0.3) is 0 Å². The molecule has 4 nitrogen and oxygen atoms in total. The largest absolute Gasteiger partial charge is 0.489 e.